The predicted molar refractivity (Wildman–Crippen MR) is 76.9 cm³/mol. The van der Waals surface area contributed by atoms with Crippen molar-refractivity contribution in [1.29, 1.82) is 0 Å². The van der Waals surface area contributed by atoms with E-state index in [1.807, 2.05) is 6.08 Å². The average Bonchev–Trinajstić information content (AvgIpc) is 2.27. The third kappa shape index (κ3) is 3.21. The van der Waals surface area contributed by atoms with Gasteiger partial charge in [-0.2, -0.15) is 0 Å². The fourth-order valence-electron chi connectivity index (χ4n) is 2.99. The second kappa shape index (κ2) is 4.87. The van der Waals surface area contributed by atoms with Crippen LogP contribution >= 0.6 is 0 Å². The van der Waals surface area contributed by atoms with Crippen molar-refractivity contribution >= 4 is 0 Å². The lowest BCUT2D eigenvalue weighted by Crippen LogP contribution is -2.53. The summed E-state index contributed by atoms with van der Waals surface area (Å²) in [6.45, 7) is 4.53. The van der Waals surface area contributed by atoms with E-state index >= 15 is 0 Å². The summed E-state index contributed by atoms with van der Waals surface area (Å²) in [6.07, 6.45) is 7.31. The molecular weight excluding hydrogens is 220 g/mol. The third-order valence-corrected chi connectivity index (χ3v) is 3.99. The number of benzene rings is 1. The molecule has 0 fully saturated rings. The molecule has 1 atom stereocenters. The molecule has 0 amide bonds. The Balaban J connectivity index is 2.01. The quantitative estimate of drug-likeness (QED) is 0.634. The molecule has 0 saturated heterocycles. The third-order valence-electron chi connectivity index (χ3n) is 3.99. The molecule has 2 heteroatoms. The topological polar surface area (TPSA) is 52.0 Å². The van der Waals surface area contributed by atoms with Crippen molar-refractivity contribution in [3.63, 3.8) is 0 Å². The van der Waals surface area contributed by atoms with Crippen LogP contribution in [0, 0.1) is 11.3 Å². The highest BCUT2D eigenvalue weighted by atomic mass is 14.9. The van der Waals surface area contributed by atoms with E-state index in [0.29, 0.717) is 5.92 Å². The molecule has 1 aromatic carbocycles. The molecule has 0 aromatic heterocycles. The molecule has 98 valence electrons. The smallest absolute Gasteiger partial charge is 0.0833 e. The fourth-order valence-corrected chi connectivity index (χ4v) is 2.99. The van der Waals surface area contributed by atoms with Gasteiger partial charge in [-0.15, -0.1) is 0 Å². The van der Waals surface area contributed by atoms with Gasteiger partial charge >= 0.3 is 0 Å². The van der Waals surface area contributed by atoms with E-state index in [2.05, 4.69) is 50.3 Å². The van der Waals surface area contributed by atoms with Crippen molar-refractivity contribution in [3.05, 3.63) is 48.0 Å². The molecule has 0 aliphatic heterocycles. The van der Waals surface area contributed by atoms with E-state index < -0.39 is 5.66 Å². The van der Waals surface area contributed by atoms with Gasteiger partial charge in [0.05, 0.1) is 5.66 Å². The zero-order valence-corrected chi connectivity index (χ0v) is 11.4. The summed E-state index contributed by atoms with van der Waals surface area (Å²) in [7, 11) is 0. The average molecular weight is 244 g/mol. The molecule has 1 aliphatic carbocycles. The molecular formula is C16H24N2. The lowest BCUT2D eigenvalue weighted by molar-refractivity contribution is 0.172. The van der Waals surface area contributed by atoms with Crippen LogP contribution in [0.4, 0.5) is 0 Å². The second-order valence-corrected chi connectivity index (χ2v) is 6.27. The molecule has 1 unspecified atom stereocenters. The zero-order chi connectivity index (χ0) is 13.2. The normalized spacial score (nSPS) is 25.0. The Hall–Kier alpha value is -1.12. The van der Waals surface area contributed by atoms with Gasteiger partial charge in [0, 0.05) is 0 Å². The van der Waals surface area contributed by atoms with Crippen molar-refractivity contribution < 1.29 is 0 Å². The highest BCUT2D eigenvalue weighted by molar-refractivity contribution is 5.17. The Morgan fingerprint density at radius 1 is 1.17 bits per heavy atom. The van der Waals surface area contributed by atoms with Gasteiger partial charge in [-0.3, -0.25) is 0 Å². The van der Waals surface area contributed by atoms with Crippen molar-refractivity contribution in [2.75, 3.05) is 0 Å². The van der Waals surface area contributed by atoms with Crippen LogP contribution in [0.3, 0.4) is 0 Å². The maximum Gasteiger partial charge on any atom is 0.0833 e. The maximum absolute atomic E-state index is 6.01. The Bertz CT molecular complexity index is 418. The van der Waals surface area contributed by atoms with Crippen LogP contribution in [-0.4, -0.2) is 5.66 Å². The highest BCUT2D eigenvalue weighted by Crippen LogP contribution is 2.40. The number of rotatable bonds is 3. The van der Waals surface area contributed by atoms with Crippen molar-refractivity contribution in [2.24, 2.45) is 22.8 Å². The standard InChI is InChI=1S/C16H24N2/c1-15(2)12-16(17,18)11-10-14(15)9-8-13-6-4-3-5-7-13/h3-7,10-11,14H,8-9,12,17-18H2,1-2H3. The van der Waals surface area contributed by atoms with Crippen LogP contribution in [-0.2, 0) is 6.42 Å². The Labute approximate surface area is 110 Å². The number of hydrogen-bond acceptors (Lipinski definition) is 2. The first-order valence-corrected chi connectivity index (χ1v) is 6.70. The molecule has 1 aliphatic rings. The largest absolute Gasteiger partial charge is 0.310 e. The molecule has 18 heavy (non-hydrogen) atoms. The van der Waals surface area contributed by atoms with Crippen molar-refractivity contribution in [3.8, 4) is 0 Å². The van der Waals surface area contributed by atoms with Crippen molar-refractivity contribution in [1.82, 2.24) is 0 Å². The first-order valence-electron chi connectivity index (χ1n) is 6.70. The summed E-state index contributed by atoms with van der Waals surface area (Å²) in [4.78, 5) is 0. The van der Waals surface area contributed by atoms with E-state index in [4.69, 9.17) is 11.5 Å². The van der Waals surface area contributed by atoms with Crippen molar-refractivity contribution in [2.45, 2.75) is 38.8 Å². The van der Waals surface area contributed by atoms with Gasteiger partial charge in [0.1, 0.15) is 0 Å². The van der Waals surface area contributed by atoms with E-state index in [0.717, 1.165) is 19.3 Å². The molecule has 2 nitrogen and oxygen atoms in total. The molecule has 2 rings (SSSR count). The minimum atomic E-state index is -0.632. The van der Waals surface area contributed by atoms with E-state index in [1.165, 1.54) is 5.56 Å². The zero-order valence-electron chi connectivity index (χ0n) is 11.4. The summed E-state index contributed by atoms with van der Waals surface area (Å²) in [5.41, 5.74) is 13.0. The van der Waals surface area contributed by atoms with Gasteiger partial charge in [-0.25, -0.2) is 0 Å². The molecule has 0 spiro atoms. The lowest BCUT2D eigenvalue weighted by atomic mass is 9.67. The lowest BCUT2D eigenvalue weighted by Gasteiger charge is -2.42. The van der Waals surface area contributed by atoms with E-state index in [-0.39, 0.29) is 5.41 Å². The van der Waals surface area contributed by atoms with Gasteiger partial charge in [0.25, 0.3) is 0 Å². The van der Waals surface area contributed by atoms with Gasteiger partial charge in [0.2, 0.25) is 0 Å². The Kier molecular flexibility index (Phi) is 3.60. The van der Waals surface area contributed by atoms with Crippen LogP contribution < -0.4 is 11.5 Å². The Morgan fingerprint density at radius 2 is 1.83 bits per heavy atom. The summed E-state index contributed by atoms with van der Waals surface area (Å²) in [5, 5.41) is 0. The minimum Gasteiger partial charge on any atom is -0.310 e. The number of allylic oxidation sites excluding steroid dienone is 1. The van der Waals surface area contributed by atoms with Gasteiger partial charge in [-0.1, -0.05) is 56.3 Å². The number of hydrogen-bond donors (Lipinski definition) is 2. The SMILES string of the molecule is CC1(C)CC(N)(N)C=CC1CCc1ccccc1. The van der Waals surface area contributed by atoms with Crippen LogP contribution in [0.2, 0.25) is 0 Å². The summed E-state index contributed by atoms with van der Waals surface area (Å²) >= 11 is 0. The van der Waals surface area contributed by atoms with E-state index in [9.17, 15) is 0 Å². The maximum atomic E-state index is 6.01. The predicted octanol–water partition coefficient (Wildman–Crippen LogP) is 2.84. The first-order chi connectivity index (χ1) is 8.39. The first kappa shape index (κ1) is 13.3. The molecule has 0 heterocycles. The van der Waals surface area contributed by atoms with Crippen LogP contribution in [0.1, 0.15) is 32.3 Å². The molecule has 0 bridgehead atoms. The second-order valence-electron chi connectivity index (χ2n) is 6.27. The number of nitrogens with two attached hydrogens (primary N) is 2. The van der Waals surface area contributed by atoms with Crippen LogP contribution in [0.15, 0.2) is 42.5 Å². The van der Waals surface area contributed by atoms with Crippen LogP contribution in [0.5, 0.6) is 0 Å². The van der Waals surface area contributed by atoms with Gasteiger partial charge < -0.3 is 11.5 Å². The molecule has 0 saturated carbocycles. The molecule has 4 N–H and O–H groups in total. The van der Waals surface area contributed by atoms with Gasteiger partial charge in [0.15, 0.2) is 0 Å². The monoisotopic (exact) mass is 244 g/mol. The summed E-state index contributed by atoms with van der Waals surface area (Å²) in [6, 6.07) is 10.6. The molecule has 0 radical (unpaired) electrons. The fraction of sp³-hybridized carbons (Fsp3) is 0.500. The molecule has 1 aromatic rings. The minimum absolute atomic E-state index is 0.174. The van der Waals surface area contributed by atoms with Crippen LogP contribution in [0.25, 0.3) is 0 Å². The number of aryl methyl sites for hydroxylation is 1. The highest BCUT2D eigenvalue weighted by Gasteiger charge is 2.37. The van der Waals surface area contributed by atoms with E-state index in [1.54, 1.807) is 0 Å². The Morgan fingerprint density at radius 3 is 2.44 bits per heavy atom. The summed E-state index contributed by atoms with van der Waals surface area (Å²) in [5.74, 6) is 0.554. The van der Waals surface area contributed by atoms with Gasteiger partial charge in [-0.05, 0) is 36.2 Å². The summed E-state index contributed by atoms with van der Waals surface area (Å²) < 4.78 is 0.